The molecule has 1 aliphatic rings. The van der Waals surface area contributed by atoms with Gasteiger partial charge >= 0.3 is 0 Å². The Kier molecular flexibility index (Phi) is 2.60. The Morgan fingerprint density at radius 1 is 1.56 bits per heavy atom. The molecular formula is C5H7NOS2. The number of thioether (sulfide) groups is 2. The van der Waals surface area contributed by atoms with Gasteiger partial charge in [0.15, 0.2) is 0 Å². The first kappa shape index (κ1) is 7.15. The summed E-state index contributed by atoms with van der Waals surface area (Å²) >= 11 is 3.33. The molecule has 1 fully saturated rings. The summed E-state index contributed by atoms with van der Waals surface area (Å²) in [6.07, 6.45) is 0. The summed E-state index contributed by atoms with van der Waals surface area (Å²) in [5, 5.41) is 0. The van der Waals surface area contributed by atoms with Crippen molar-refractivity contribution >= 4 is 33.8 Å². The molecule has 0 aromatic heterocycles. The third-order valence-corrected chi connectivity index (χ3v) is 3.24. The molecule has 1 amide bonds. The molecule has 1 heterocycles. The Labute approximate surface area is 62.5 Å². The van der Waals surface area contributed by atoms with E-state index in [9.17, 15) is 4.79 Å². The van der Waals surface area contributed by atoms with E-state index in [0.717, 1.165) is 15.9 Å². The van der Waals surface area contributed by atoms with Gasteiger partial charge < -0.3 is 0 Å². The smallest absolute Gasteiger partial charge is 0.244 e. The standard InChI is InChI=1S/C5H7NOS2/c1-4(7)6-5-8-2-3-9-5/h2-3H2,1H3. The second kappa shape index (κ2) is 3.27. The van der Waals surface area contributed by atoms with E-state index >= 15 is 0 Å². The zero-order chi connectivity index (χ0) is 6.69. The van der Waals surface area contributed by atoms with Gasteiger partial charge in [0.1, 0.15) is 4.38 Å². The molecule has 1 rings (SSSR count). The summed E-state index contributed by atoms with van der Waals surface area (Å²) in [4.78, 5) is 14.2. The first-order chi connectivity index (χ1) is 4.29. The van der Waals surface area contributed by atoms with Gasteiger partial charge in [-0.05, 0) is 0 Å². The van der Waals surface area contributed by atoms with Crippen molar-refractivity contribution in [1.29, 1.82) is 0 Å². The molecule has 0 atom stereocenters. The van der Waals surface area contributed by atoms with Crippen molar-refractivity contribution in [3.8, 4) is 0 Å². The highest BCUT2D eigenvalue weighted by Gasteiger charge is 2.09. The SMILES string of the molecule is CC(=O)N=C1SCCS1. The highest BCUT2D eigenvalue weighted by atomic mass is 32.2. The third-order valence-electron chi connectivity index (χ3n) is 0.783. The van der Waals surface area contributed by atoms with Gasteiger partial charge in [-0.15, -0.1) is 0 Å². The molecule has 0 saturated carbocycles. The molecule has 1 aliphatic heterocycles. The van der Waals surface area contributed by atoms with Gasteiger partial charge in [-0.3, -0.25) is 4.79 Å². The Bertz CT molecular complexity index is 147. The molecule has 50 valence electrons. The van der Waals surface area contributed by atoms with Crippen molar-refractivity contribution in [3.05, 3.63) is 0 Å². The summed E-state index contributed by atoms with van der Waals surface area (Å²) in [5.74, 6) is 2.10. The van der Waals surface area contributed by atoms with E-state index in [2.05, 4.69) is 4.99 Å². The van der Waals surface area contributed by atoms with Crippen molar-refractivity contribution in [2.24, 2.45) is 4.99 Å². The van der Waals surface area contributed by atoms with Gasteiger partial charge in [-0.25, -0.2) is 0 Å². The number of aliphatic imine (C=N–C) groups is 1. The van der Waals surface area contributed by atoms with Crippen LogP contribution in [0.5, 0.6) is 0 Å². The lowest BCUT2D eigenvalue weighted by Crippen LogP contribution is -1.86. The van der Waals surface area contributed by atoms with E-state index in [1.807, 2.05) is 0 Å². The normalized spacial score (nSPS) is 18.1. The minimum atomic E-state index is -0.0908. The average Bonchev–Trinajstić information content (AvgIpc) is 2.15. The molecule has 0 unspecified atom stereocenters. The molecule has 0 aromatic rings. The van der Waals surface area contributed by atoms with Crippen LogP contribution >= 0.6 is 23.5 Å². The molecule has 2 nitrogen and oxygen atoms in total. The summed E-state index contributed by atoms with van der Waals surface area (Å²) < 4.78 is 0.933. The Hall–Kier alpha value is 0.0400. The molecule has 0 N–H and O–H groups in total. The molecule has 0 spiro atoms. The zero-order valence-corrected chi connectivity index (χ0v) is 6.72. The largest absolute Gasteiger partial charge is 0.273 e. The third kappa shape index (κ3) is 2.41. The fourth-order valence-corrected chi connectivity index (χ4v) is 2.73. The summed E-state index contributed by atoms with van der Waals surface area (Å²) in [6, 6.07) is 0. The molecule has 4 heteroatoms. The van der Waals surface area contributed by atoms with E-state index in [1.54, 1.807) is 23.5 Å². The van der Waals surface area contributed by atoms with Crippen molar-refractivity contribution in [2.75, 3.05) is 11.5 Å². The second-order valence-corrected chi connectivity index (χ2v) is 4.02. The van der Waals surface area contributed by atoms with Crippen molar-refractivity contribution in [2.45, 2.75) is 6.92 Å². The first-order valence-corrected chi connectivity index (χ1v) is 4.61. The number of hydrogen-bond donors (Lipinski definition) is 0. The highest BCUT2D eigenvalue weighted by molar-refractivity contribution is 8.41. The van der Waals surface area contributed by atoms with Crippen LogP contribution in [-0.4, -0.2) is 21.8 Å². The van der Waals surface area contributed by atoms with Crippen LogP contribution in [-0.2, 0) is 4.79 Å². The van der Waals surface area contributed by atoms with Crippen LogP contribution in [0.1, 0.15) is 6.92 Å². The molecule has 0 bridgehead atoms. The summed E-state index contributed by atoms with van der Waals surface area (Å²) in [6.45, 7) is 1.48. The van der Waals surface area contributed by atoms with Crippen LogP contribution in [0.2, 0.25) is 0 Å². The fraction of sp³-hybridized carbons (Fsp3) is 0.600. The van der Waals surface area contributed by atoms with Gasteiger partial charge in [-0.2, -0.15) is 4.99 Å². The number of nitrogens with zero attached hydrogens (tertiary/aromatic N) is 1. The maximum Gasteiger partial charge on any atom is 0.244 e. The van der Waals surface area contributed by atoms with E-state index < -0.39 is 0 Å². The van der Waals surface area contributed by atoms with Gasteiger partial charge in [0.2, 0.25) is 5.91 Å². The lowest BCUT2D eigenvalue weighted by atomic mass is 10.8. The number of rotatable bonds is 0. The van der Waals surface area contributed by atoms with E-state index in [-0.39, 0.29) is 5.91 Å². The predicted molar refractivity (Wildman–Crippen MR) is 43.0 cm³/mol. The summed E-state index contributed by atoms with van der Waals surface area (Å²) in [5.41, 5.74) is 0. The van der Waals surface area contributed by atoms with Crippen molar-refractivity contribution in [3.63, 3.8) is 0 Å². The lowest BCUT2D eigenvalue weighted by Gasteiger charge is -1.86. The highest BCUT2D eigenvalue weighted by Crippen LogP contribution is 2.25. The first-order valence-electron chi connectivity index (χ1n) is 2.64. The van der Waals surface area contributed by atoms with Crippen LogP contribution in [0, 0.1) is 0 Å². The van der Waals surface area contributed by atoms with Crippen molar-refractivity contribution < 1.29 is 4.79 Å². The van der Waals surface area contributed by atoms with Crippen LogP contribution in [0.3, 0.4) is 0 Å². The maximum absolute atomic E-state index is 10.4. The average molecular weight is 161 g/mol. The second-order valence-electron chi connectivity index (χ2n) is 1.59. The Morgan fingerprint density at radius 2 is 2.11 bits per heavy atom. The molecule has 0 radical (unpaired) electrons. The Balaban J connectivity index is 2.49. The van der Waals surface area contributed by atoms with Crippen LogP contribution in [0.4, 0.5) is 0 Å². The lowest BCUT2D eigenvalue weighted by molar-refractivity contribution is -0.115. The minimum Gasteiger partial charge on any atom is -0.273 e. The van der Waals surface area contributed by atoms with E-state index in [0.29, 0.717) is 0 Å². The van der Waals surface area contributed by atoms with Gasteiger partial charge in [0.05, 0.1) is 0 Å². The van der Waals surface area contributed by atoms with Gasteiger partial charge in [0.25, 0.3) is 0 Å². The fourth-order valence-electron chi connectivity index (χ4n) is 0.493. The molecule has 0 aromatic carbocycles. The number of carbonyl (C=O) groups excluding carboxylic acids is 1. The quantitative estimate of drug-likeness (QED) is 0.537. The van der Waals surface area contributed by atoms with Gasteiger partial charge in [-0.1, -0.05) is 23.5 Å². The topological polar surface area (TPSA) is 29.4 Å². The number of amides is 1. The minimum absolute atomic E-state index is 0.0908. The van der Waals surface area contributed by atoms with E-state index in [4.69, 9.17) is 0 Å². The molecular weight excluding hydrogens is 154 g/mol. The molecule has 9 heavy (non-hydrogen) atoms. The zero-order valence-electron chi connectivity index (χ0n) is 5.09. The molecule has 1 saturated heterocycles. The van der Waals surface area contributed by atoms with Crippen LogP contribution in [0.25, 0.3) is 0 Å². The van der Waals surface area contributed by atoms with Crippen molar-refractivity contribution in [1.82, 2.24) is 0 Å². The van der Waals surface area contributed by atoms with Crippen LogP contribution < -0.4 is 0 Å². The molecule has 0 aliphatic carbocycles. The van der Waals surface area contributed by atoms with Gasteiger partial charge in [0, 0.05) is 18.4 Å². The maximum atomic E-state index is 10.4. The van der Waals surface area contributed by atoms with E-state index in [1.165, 1.54) is 6.92 Å². The predicted octanol–water partition coefficient (Wildman–Crippen LogP) is 1.37. The number of carbonyl (C=O) groups is 1. The number of hydrogen-bond acceptors (Lipinski definition) is 3. The summed E-state index contributed by atoms with van der Waals surface area (Å²) in [7, 11) is 0. The monoisotopic (exact) mass is 161 g/mol. The van der Waals surface area contributed by atoms with Crippen LogP contribution in [0.15, 0.2) is 4.99 Å². The Morgan fingerprint density at radius 3 is 2.56 bits per heavy atom.